The van der Waals surface area contributed by atoms with E-state index in [-0.39, 0.29) is 0 Å². The van der Waals surface area contributed by atoms with E-state index in [1.807, 2.05) is 0 Å². The molecule has 0 aromatic heterocycles. The van der Waals surface area contributed by atoms with E-state index in [1.165, 1.54) is 25.3 Å². The second kappa shape index (κ2) is 8.05. The Bertz CT molecular complexity index is 691. The number of rotatable bonds is 6. The Morgan fingerprint density at radius 2 is 2.00 bits per heavy atom. The van der Waals surface area contributed by atoms with Gasteiger partial charge in [-0.15, -0.1) is 0 Å². The number of nitrogens with one attached hydrogen (secondary N) is 1. The van der Waals surface area contributed by atoms with Gasteiger partial charge in [-0.3, -0.25) is 4.79 Å². The van der Waals surface area contributed by atoms with Crippen LogP contribution in [-0.4, -0.2) is 48.2 Å². The van der Waals surface area contributed by atoms with E-state index in [2.05, 4.69) is 15.3 Å². The second-order valence-electron chi connectivity index (χ2n) is 7.28. The molecule has 2 aliphatic heterocycles. The van der Waals surface area contributed by atoms with Gasteiger partial charge in [-0.1, -0.05) is 6.42 Å². The third kappa shape index (κ3) is 4.09. The molecule has 140 valence electrons. The van der Waals surface area contributed by atoms with Crippen molar-refractivity contribution in [2.24, 2.45) is 21.8 Å². The minimum absolute atomic E-state index is 0.425. The fraction of sp³-hybridized carbons (Fsp3) is 0.632. The summed E-state index contributed by atoms with van der Waals surface area (Å²) in [7, 11) is 0. The minimum Gasteiger partial charge on any atom is -0.493 e. The lowest BCUT2D eigenvalue weighted by Crippen LogP contribution is -2.32. The smallest absolute Gasteiger partial charge is 0.263 e. The third-order valence-corrected chi connectivity index (χ3v) is 6.70. The molecule has 2 aliphatic carbocycles. The molecule has 4 aliphatic rings. The number of hydrogen-bond donors (Lipinski definition) is 1. The van der Waals surface area contributed by atoms with Gasteiger partial charge in [-0.25, -0.2) is 9.38 Å². The molecule has 4 rings (SSSR count). The SMILES string of the molecule is O=C1N=C(CSC2CCNCC2)N=C2C=C(OCC3CCC3)C=C(F)C12. The van der Waals surface area contributed by atoms with Crippen molar-refractivity contribution in [1.29, 1.82) is 0 Å². The maximum absolute atomic E-state index is 14.4. The molecule has 0 aromatic rings. The number of amides is 1. The molecule has 1 N–H and O–H groups in total. The fourth-order valence-corrected chi connectivity index (χ4v) is 4.60. The van der Waals surface area contributed by atoms with Crippen LogP contribution in [0.5, 0.6) is 0 Å². The number of hydrogen-bond acceptors (Lipinski definition) is 5. The molecule has 26 heavy (non-hydrogen) atoms. The van der Waals surface area contributed by atoms with Gasteiger partial charge >= 0.3 is 0 Å². The van der Waals surface area contributed by atoms with E-state index in [1.54, 1.807) is 17.8 Å². The summed E-state index contributed by atoms with van der Waals surface area (Å²) in [5.41, 5.74) is 0.425. The Morgan fingerprint density at radius 1 is 1.19 bits per heavy atom. The van der Waals surface area contributed by atoms with Gasteiger partial charge in [0.05, 0.1) is 18.1 Å². The van der Waals surface area contributed by atoms with Gasteiger partial charge in [0.2, 0.25) is 0 Å². The van der Waals surface area contributed by atoms with Crippen LogP contribution in [0.15, 0.2) is 33.7 Å². The van der Waals surface area contributed by atoms with Gasteiger partial charge in [0.1, 0.15) is 23.3 Å². The van der Waals surface area contributed by atoms with Gasteiger partial charge in [-0.2, -0.15) is 16.8 Å². The van der Waals surface area contributed by atoms with Crippen LogP contribution in [0.3, 0.4) is 0 Å². The molecule has 1 unspecified atom stereocenters. The number of nitrogens with zero attached hydrogens (tertiary/aromatic N) is 2. The van der Waals surface area contributed by atoms with E-state index >= 15 is 0 Å². The van der Waals surface area contributed by atoms with Crippen molar-refractivity contribution in [2.45, 2.75) is 37.4 Å². The molecule has 1 saturated carbocycles. The largest absolute Gasteiger partial charge is 0.493 e. The maximum atomic E-state index is 14.4. The Kier molecular flexibility index (Phi) is 5.55. The van der Waals surface area contributed by atoms with E-state index < -0.39 is 17.7 Å². The summed E-state index contributed by atoms with van der Waals surface area (Å²) in [5.74, 6) is 0.146. The number of carbonyl (C=O) groups excluding carboxylic acids is 1. The first-order valence-electron chi connectivity index (χ1n) is 9.43. The van der Waals surface area contributed by atoms with E-state index in [9.17, 15) is 9.18 Å². The average Bonchev–Trinajstić information content (AvgIpc) is 2.59. The monoisotopic (exact) mass is 377 g/mol. The number of carbonyl (C=O) groups is 1. The molecule has 2 heterocycles. The van der Waals surface area contributed by atoms with Gasteiger partial charge in [0, 0.05) is 17.4 Å². The first kappa shape index (κ1) is 17.9. The van der Waals surface area contributed by atoms with Crippen molar-refractivity contribution in [3.05, 3.63) is 23.7 Å². The third-order valence-electron chi connectivity index (χ3n) is 5.33. The highest BCUT2D eigenvalue weighted by Gasteiger charge is 2.35. The van der Waals surface area contributed by atoms with Crippen LogP contribution in [-0.2, 0) is 9.53 Å². The summed E-state index contributed by atoms with van der Waals surface area (Å²) < 4.78 is 20.1. The first-order chi connectivity index (χ1) is 12.7. The predicted molar refractivity (Wildman–Crippen MR) is 102 cm³/mol. The Hall–Kier alpha value is -1.47. The number of halogens is 1. The quantitative estimate of drug-likeness (QED) is 0.773. The molecule has 1 atom stereocenters. The molecule has 1 amide bonds. The summed E-state index contributed by atoms with van der Waals surface area (Å²) in [6.07, 6.45) is 8.83. The molecular formula is C19H24FN3O2S. The lowest BCUT2D eigenvalue weighted by molar-refractivity contribution is -0.119. The normalized spacial score (nSPS) is 27.0. The van der Waals surface area contributed by atoms with Crippen LogP contribution in [0.1, 0.15) is 32.1 Å². The number of piperidine rings is 1. The van der Waals surface area contributed by atoms with E-state index in [0.717, 1.165) is 25.9 Å². The van der Waals surface area contributed by atoms with Crippen molar-refractivity contribution in [1.82, 2.24) is 5.32 Å². The highest BCUT2D eigenvalue weighted by Crippen LogP contribution is 2.31. The average molecular weight is 377 g/mol. The zero-order valence-electron chi connectivity index (χ0n) is 14.7. The number of thioether (sulfide) groups is 1. The van der Waals surface area contributed by atoms with Crippen LogP contribution in [0.4, 0.5) is 4.39 Å². The standard InChI is InChI=1S/C19H24FN3O2S/c20-15-8-13(25-10-12-2-1-3-12)9-16-18(15)19(24)23-17(22-16)11-26-14-4-6-21-7-5-14/h8-9,12,14,18,21H,1-7,10-11H2. The molecule has 0 aromatic carbocycles. The van der Waals surface area contributed by atoms with Crippen LogP contribution in [0.25, 0.3) is 0 Å². The molecule has 5 nitrogen and oxygen atoms in total. The summed E-state index contributed by atoms with van der Waals surface area (Å²) in [6.45, 7) is 2.66. The van der Waals surface area contributed by atoms with Crippen molar-refractivity contribution in [3.63, 3.8) is 0 Å². The van der Waals surface area contributed by atoms with Crippen molar-refractivity contribution in [3.8, 4) is 0 Å². The summed E-state index contributed by atoms with van der Waals surface area (Å²) in [5, 5.41) is 3.90. The van der Waals surface area contributed by atoms with Crippen molar-refractivity contribution < 1.29 is 13.9 Å². The lowest BCUT2D eigenvalue weighted by Gasteiger charge is -2.27. The highest BCUT2D eigenvalue weighted by molar-refractivity contribution is 8.00. The summed E-state index contributed by atoms with van der Waals surface area (Å²) >= 11 is 1.78. The zero-order chi connectivity index (χ0) is 17.9. The number of ether oxygens (including phenoxy) is 1. The topological polar surface area (TPSA) is 63.0 Å². The molecule has 0 radical (unpaired) electrons. The van der Waals surface area contributed by atoms with Crippen LogP contribution < -0.4 is 5.32 Å². The fourth-order valence-electron chi connectivity index (χ4n) is 3.51. The Labute approximate surface area is 157 Å². The first-order valence-corrected chi connectivity index (χ1v) is 10.5. The summed E-state index contributed by atoms with van der Waals surface area (Å²) in [6, 6.07) is 0. The van der Waals surface area contributed by atoms with Gasteiger partial charge in [-0.05, 0) is 44.7 Å². The van der Waals surface area contributed by atoms with Crippen LogP contribution in [0, 0.1) is 11.8 Å². The number of fused-ring (bicyclic) bond motifs is 1. The second-order valence-corrected chi connectivity index (χ2v) is 8.57. The van der Waals surface area contributed by atoms with Crippen LogP contribution >= 0.6 is 11.8 Å². The van der Waals surface area contributed by atoms with Crippen molar-refractivity contribution in [2.75, 3.05) is 25.4 Å². The molecule has 2 fully saturated rings. The van der Waals surface area contributed by atoms with Gasteiger partial charge in [0.15, 0.2) is 0 Å². The van der Waals surface area contributed by atoms with E-state index in [4.69, 9.17) is 4.74 Å². The highest BCUT2D eigenvalue weighted by atomic mass is 32.2. The molecule has 1 saturated heterocycles. The van der Waals surface area contributed by atoms with Gasteiger partial charge in [0.25, 0.3) is 5.91 Å². The number of amidine groups is 1. The van der Waals surface area contributed by atoms with Crippen molar-refractivity contribution >= 4 is 29.2 Å². The Morgan fingerprint density at radius 3 is 2.73 bits per heavy atom. The molecular weight excluding hydrogens is 353 g/mol. The zero-order valence-corrected chi connectivity index (χ0v) is 15.6. The minimum atomic E-state index is -0.987. The summed E-state index contributed by atoms with van der Waals surface area (Å²) in [4.78, 5) is 20.8. The molecule has 7 heteroatoms. The van der Waals surface area contributed by atoms with Gasteiger partial charge < -0.3 is 10.1 Å². The lowest BCUT2D eigenvalue weighted by atomic mass is 9.86. The number of aliphatic imine (C=N–C) groups is 2. The Balaban J connectivity index is 1.41. The molecule has 0 bridgehead atoms. The molecule has 0 spiro atoms. The number of allylic oxidation sites excluding steroid dienone is 2. The van der Waals surface area contributed by atoms with E-state index in [0.29, 0.717) is 40.8 Å². The van der Waals surface area contributed by atoms with Crippen LogP contribution in [0.2, 0.25) is 0 Å². The maximum Gasteiger partial charge on any atom is 0.263 e. The predicted octanol–water partition coefficient (Wildman–Crippen LogP) is 3.04.